The summed E-state index contributed by atoms with van der Waals surface area (Å²) in [7, 11) is -1.35. The van der Waals surface area contributed by atoms with Crippen LogP contribution < -0.4 is 31.8 Å². The van der Waals surface area contributed by atoms with Crippen molar-refractivity contribution in [3.8, 4) is 0 Å². The minimum Gasteiger partial charge on any atom is -0.0795 e. The number of allylic oxidation sites excluding steroid dienone is 6. The lowest BCUT2D eigenvalue weighted by atomic mass is 9.81. The first-order valence-corrected chi connectivity index (χ1v) is 20.7. The summed E-state index contributed by atoms with van der Waals surface area (Å²) in [6, 6.07) is 58.8. The molecule has 51 heavy (non-hydrogen) atoms. The molecule has 250 valence electrons. The molecule has 0 atom stereocenters. The van der Waals surface area contributed by atoms with Crippen LogP contribution in [0.3, 0.4) is 0 Å². The molecule has 0 N–H and O–H groups in total. The molecule has 0 spiro atoms. The fraction of sp³-hybridized carbons (Fsp3) is 0.143. The molecule has 6 aromatic carbocycles. The van der Waals surface area contributed by atoms with Gasteiger partial charge >= 0.3 is 0 Å². The molecule has 0 fully saturated rings. The monoisotopic (exact) mass is 694 g/mol. The molecule has 2 heteroatoms. The molecule has 2 aliphatic rings. The number of hydrogen-bond donors (Lipinski definition) is 0. The van der Waals surface area contributed by atoms with E-state index in [-0.39, 0.29) is 10.8 Å². The second-order valence-corrected chi connectivity index (χ2v) is 19.1. The second-order valence-electron chi connectivity index (χ2n) is 14.7. The van der Waals surface area contributed by atoms with Crippen molar-refractivity contribution in [2.75, 3.05) is 0 Å². The van der Waals surface area contributed by atoms with Gasteiger partial charge in [0.15, 0.2) is 0 Å². The molecular formula is C49H44P2. The molecule has 0 heterocycles. The molecule has 8 rings (SSSR count). The van der Waals surface area contributed by atoms with Crippen molar-refractivity contribution >= 4 is 58.8 Å². The van der Waals surface area contributed by atoms with Crippen LogP contribution >= 0.6 is 15.8 Å². The zero-order valence-corrected chi connectivity index (χ0v) is 31.9. The van der Waals surface area contributed by atoms with E-state index >= 15 is 0 Å². The predicted molar refractivity (Wildman–Crippen MR) is 226 cm³/mol. The van der Waals surface area contributed by atoms with Crippen LogP contribution in [-0.2, 0) is 10.8 Å². The average molecular weight is 695 g/mol. The minimum atomic E-state index is -0.679. The molecule has 2 aliphatic carbocycles. The summed E-state index contributed by atoms with van der Waals surface area (Å²) in [6.45, 7) is 11.8. The first-order valence-electron chi connectivity index (χ1n) is 18.0. The summed E-state index contributed by atoms with van der Waals surface area (Å²) in [4.78, 5) is 0. The van der Waals surface area contributed by atoms with Crippen LogP contribution in [0.4, 0.5) is 0 Å². The molecule has 0 bridgehead atoms. The molecule has 0 amide bonds. The van der Waals surface area contributed by atoms with Gasteiger partial charge in [-0.25, -0.2) is 0 Å². The van der Waals surface area contributed by atoms with E-state index in [0.717, 1.165) is 0 Å². The van der Waals surface area contributed by atoms with Crippen LogP contribution in [0.25, 0.3) is 11.1 Å². The van der Waals surface area contributed by atoms with Gasteiger partial charge in [-0.15, -0.1) is 0 Å². The molecule has 0 aromatic heterocycles. The van der Waals surface area contributed by atoms with Crippen molar-refractivity contribution in [2.24, 2.45) is 0 Å². The SMILES string of the molecule is C/C=C1\C(=C/C2=CC(C)(C)c3cc(P(c4ccccc4)c4ccccc4)ccc32)C(C)(C)c2cc(P(c3ccccc3)c3ccccc3)ccc21. The van der Waals surface area contributed by atoms with E-state index in [1.165, 1.54) is 70.8 Å². The van der Waals surface area contributed by atoms with Gasteiger partial charge in [-0.2, -0.15) is 0 Å². The van der Waals surface area contributed by atoms with Gasteiger partial charge in [-0.3, -0.25) is 0 Å². The summed E-state index contributed by atoms with van der Waals surface area (Å²) in [5, 5.41) is 8.34. The molecule has 0 unspecified atom stereocenters. The third kappa shape index (κ3) is 6.10. The van der Waals surface area contributed by atoms with Gasteiger partial charge in [-0.1, -0.05) is 185 Å². The Morgan fingerprint density at radius 2 is 0.863 bits per heavy atom. The lowest BCUT2D eigenvalue weighted by molar-refractivity contribution is 0.661. The van der Waals surface area contributed by atoms with Crippen molar-refractivity contribution in [1.29, 1.82) is 0 Å². The van der Waals surface area contributed by atoms with Crippen molar-refractivity contribution < 1.29 is 0 Å². The summed E-state index contributed by atoms with van der Waals surface area (Å²) in [5.74, 6) is 0. The van der Waals surface area contributed by atoms with E-state index in [4.69, 9.17) is 0 Å². The molecule has 0 nitrogen and oxygen atoms in total. The average Bonchev–Trinajstić information content (AvgIpc) is 3.54. The van der Waals surface area contributed by atoms with Crippen LogP contribution in [0, 0.1) is 0 Å². The van der Waals surface area contributed by atoms with Gasteiger partial charge in [0.2, 0.25) is 0 Å². The number of rotatable bonds is 7. The Hall–Kier alpha value is -4.60. The van der Waals surface area contributed by atoms with Gasteiger partial charge in [0.1, 0.15) is 0 Å². The Kier molecular flexibility index (Phi) is 8.88. The molecule has 0 aliphatic heterocycles. The Morgan fingerprint density at radius 1 is 0.451 bits per heavy atom. The van der Waals surface area contributed by atoms with Gasteiger partial charge in [-0.05, 0) is 112 Å². The van der Waals surface area contributed by atoms with Crippen LogP contribution in [0.5, 0.6) is 0 Å². The zero-order chi connectivity index (χ0) is 35.2. The van der Waals surface area contributed by atoms with Gasteiger partial charge < -0.3 is 0 Å². The first kappa shape index (κ1) is 33.5. The molecule has 0 radical (unpaired) electrons. The molecule has 6 aromatic rings. The lowest BCUT2D eigenvalue weighted by Gasteiger charge is -2.25. The van der Waals surface area contributed by atoms with Crippen molar-refractivity contribution in [3.63, 3.8) is 0 Å². The molecule has 0 saturated carbocycles. The van der Waals surface area contributed by atoms with Crippen molar-refractivity contribution in [2.45, 2.75) is 45.4 Å². The summed E-state index contributed by atoms with van der Waals surface area (Å²) in [5.41, 5.74) is 9.41. The summed E-state index contributed by atoms with van der Waals surface area (Å²) in [6.07, 6.45) is 7.34. The fourth-order valence-corrected chi connectivity index (χ4v) is 12.7. The highest BCUT2D eigenvalue weighted by atomic mass is 31.1. The largest absolute Gasteiger partial charge is 0.0795 e. The number of hydrogen-bond acceptors (Lipinski definition) is 0. The maximum Gasteiger partial charge on any atom is 0.0159 e. The Morgan fingerprint density at radius 3 is 1.29 bits per heavy atom. The maximum atomic E-state index is 2.52. The summed E-state index contributed by atoms with van der Waals surface area (Å²) >= 11 is 0. The van der Waals surface area contributed by atoms with Gasteiger partial charge in [0.05, 0.1) is 0 Å². The predicted octanol–water partition coefficient (Wildman–Crippen LogP) is 10.2. The smallest absolute Gasteiger partial charge is 0.0159 e. The standard InChI is InChI=1S/C49H44P2/c1-6-42-44-30-28-41(51(38-23-15-9-16-24-38)39-25-17-10-18-26-39)33-47(44)49(4,5)46(42)31-35-34-48(2,3)45-32-40(27-29-43(35)45)50(36-19-11-7-12-20-36)37-21-13-8-14-22-37/h6-34H,1-5H3/b42-6-,46-31+. The van der Waals surface area contributed by atoms with E-state index in [1.807, 2.05) is 0 Å². The van der Waals surface area contributed by atoms with Crippen molar-refractivity contribution in [3.05, 3.63) is 204 Å². The van der Waals surface area contributed by atoms with Gasteiger partial charge in [0, 0.05) is 10.8 Å². The Labute approximate surface area is 306 Å². The summed E-state index contributed by atoms with van der Waals surface area (Å²) < 4.78 is 0. The van der Waals surface area contributed by atoms with E-state index in [1.54, 1.807) is 0 Å². The second kappa shape index (κ2) is 13.5. The fourth-order valence-electron chi connectivity index (χ4n) is 8.10. The van der Waals surface area contributed by atoms with E-state index in [2.05, 4.69) is 211 Å². The topological polar surface area (TPSA) is 0 Å². The van der Waals surface area contributed by atoms with E-state index in [0.29, 0.717) is 0 Å². The van der Waals surface area contributed by atoms with Crippen LogP contribution in [0.1, 0.15) is 56.9 Å². The third-order valence-corrected chi connectivity index (χ3v) is 15.5. The third-order valence-electron chi connectivity index (χ3n) is 10.6. The molecule has 0 saturated heterocycles. The first-order chi connectivity index (χ1) is 24.8. The highest BCUT2D eigenvalue weighted by Gasteiger charge is 2.40. The van der Waals surface area contributed by atoms with E-state index in [9.17, 15) is 0 Å². The highest BCUT2D eigenvalue weighted by molar-refractivity contribution is 7.80. The van der Waals surface area contributed by atoms with Crippen LogP contribution in [0.15, 0.2) is 182 Å². The Balaban J connectivity index is 1.20. The number of fused-ring (bicyclic) bond motifs is 2. The quantitative estimate of drug-likeness (QED) is 0.146. The zero-order valence-electron chi connectivity index (χ0n) is 30.1. The number of benzene rings is 6. The molecular weight excluding hydrogens is 650 g/mol. The van der Waals surface area contributed by atoms with Crippen LogP contribution in [0.2, 0.25) is 0 Å². The normalized spacial score (nSPS) is 17.2. The van der Waals surface area contributed by atoms with Crippen molar-refractivity contribution in [1.82, 2.24) is 0 Å². The van der Waals surface area contributed by atoms with E-state index < -0.39 is 15.8 Å². The van der Waals surface area contributed by atoms with Gasteiger partial charge in [0.25, 0.3) is 0 Å². The van der Waals surface area contributed by atoms with Crippen LogP contribution in [-0.4, -0.2) is 0 Å². The highest BCUT2D eigenvalue weighted by Crippen LogP contribution is 2.52. The lowest BCUT2D eigenvalue weighted by Crippen LogP contribution is -2.23. The minimum absolute atomic E-state index is 0.0772. The Bertz CT molecular complexity index is 2210. The maximum absolute atomic E-state index is 2.52.